The van der Waals surface area contributed by atoms with E-state index in [1.165, 1.54) is 17.9 Å². The molecule has 0 fully saturated rings. The summed E-state index contributed by atoms with van der Waals surface area (Å²) < 4.78 is 22.4. The van der Waals surface area contributed by atoms with Crippen LogP contribution in [-0.2, 0) is 52.5 Å². The molecule has 0 saturated carbocycles. The number of aliphatic hydroxyl groups is 4. The first kappa shape index (κ1) is 43.6. The van der Waals surface area contributed by atoms with Crippen LogP contribution in [0.5, 0.6) is 11.5 Å². The molecule has 260 valence electrons. The Kier molecular flexibility index (Phi) is 20.8. The third-order valence-electron chi connectivity index (χ3n) is 6.96. The van der Waals surface area contributed by atoms with Gasteiger partial charge < -0.3 is 61.3 Å². The van der Waals surface area contributed by atoms with E-state index in [4.69, 9.17) is 20.6 Å². The predicted molar refractivity (Wildman–Crippen MR) is 164 cm³/mol. The van der Waals surface area contributed by atoms with Gasteiger partial charge >= 0.3 is 15.2 Å². The fourth-order valence-electron chi connectivity index (χ4n) is 4.21. The Bertz CT molecular complexity index is 1230. The van der Waals surface area contributed by atoms with Gasteiger partial charge in [-0.25, -0.2) is 0 Å². The van der Waals surface area contributed by atoms with Crippen molar-refractivity contribution >= 4 is 15.2 Å². The van der Waals surface area contributed by atoms with Gasteiger partial charge in [-0.15, -0.1) is 13.1 Å². The molecule has 0 amide bonds. The number of hydrogen-bond acceptors (Lipinski definition) is 10. The molecule has 3 unspecified atom stereocenters. The van der Waals surface area contributed by atoms with Crippen molar-refractivity contribution in [3.8, 4) is 11.5 Å². The molecule has 2 aromatic carbocycles. The number of nitrogens with zero attached hydrogens (tertiary/aromatic N) is 2. The van der Waals surface area contributed by atoms with Gasteiger partial charge in [-0.05, 0) is 37.9 Å². The van der Waals surface area contributed by atoms with E-state index >= 15 is 0 Å². The van der Waals surface area contributed by atoms with Crippen LogP contribution >= 0.6 is 15.2 Å². The zero-order valence-corrected chi connectivity index (χ0v) is 27.9. The molecule has 0 spiro atoms. The fraction of sp³-hybridized carbons (Fsp3) is 0.556. The number of aromatic hydroxyl groups is 2. The minimum absolute atomic E-state index is 0. The van der Waals surface area contributed by atoms with Crippen LogP contribution in [0.15, 0.2) is 36.4 Å². The normalized spacial score (nSPS) is 13.8. The van der Waals surface area contributed by atoms with E-state index in [0.717, 1.165) is 0 Å². The Morgan fingerprint density at radius 3 is 1.73 bits per heavy atom. The SMILES string of the molecule is CC(CO)P(=O)(O)O.NCCCCC(C[N-]Cc1cccc(CO)c1O)N(Cc1cccc(CO)c1O)C(CO)P(=O)(O)O.[Fe]. The molecular formula is C27H46FeN3O12P2-. The zero-order valence-electron chi connectivity index (χ0n) is 25.0. The van der Waals surface area contributed by atoms with Crippen LogP contribution in [0.1, 0.15) is 48.4 Å². The molecule has 3 atom stereocenters. The fourth-order valence-corrected chi connectivity index (χ4v) is 5.29. The molecule has 18 heteroatoms. The summed E-state index contributed by atoms with van der Waals surface area (Å²) in [6.45, 7) is -0.186. The van der Waals surface area contributed by atoms with Gasteiger partial charge in [0, 0.05) is 40.3 Å². The van der Waals surface area contributed by atoms with Crippen molar-refractivity contribution in [3.63, 3.8) is 0 Å². The van der Waals surface area contributed by atoms with Crippen LogP contribution in [0.25, 0.3) is 5.32 Å². The molecule has 0 aliphatic carbocycles. The maximum atomic E-state index is 12.3. The molecule has 2 rings (SSSR count). The minimum Gasteiger partial charge on any atom is -0.657 e. The Morgan fingerprint density at radius 2 is 1.31 bits per heavy atom. The van der Waals surface area contributed by atoms with Gasteiger partial charge in [0.2, 0.25) is 0 Å². The molecule has 0 aliphatic rings. The van der Waals surface area contributed by atoms with Gasteiger partial charge in [0.05, 0.1) is 32.1 Å². The van der Waals surface area contributed by atoms with Crippen LogP contribution in [0.3, 0.4) is 0 Å². The van der Waals surface area contributed by atoms with Gasteiger partial charge in [0.15, 0.2) is 0 Å². The molecule has 15 nitrogen and oxygen atoms in total. The molecule has 0 aromatic heterocycles. The number of benzene rings is 2. The van der Waals surface area contributed by atoms with E-state index in [0.29, 0.717) is 42.5 Å². The molecule has 45 heavy (non-hydrogen) atoms. The minimum atomic E-state index is -4.79. The van der Waals surface area contributed by atoms with Crippen molar-refractivity contribution in [2.45, 2.75) is 70.0 Å². The molecule has 0 bridgehead atoms. The topological polar surface area (TPSA) is 280 Å². The first-order valence-electron chi connectivity index (χ1n) is 13.9. The van der Waals surface area contributed by atoms with Crippen molar-refractivity contribution in [1.82, 2.24) is 4.90 Å². The average molecular weight is 722 g/mol. The van der Waals surface area contributed by atoms with Crippen molar-refractivity contribution in [2.24, 2.45) is 5.73 Å². The maximum Gasteiger partial charge on any atom is 0.344 e. The summed E-state index contributed by atoms with van der Waals surface area (Å²) in [6.07, 6.45) is 1.77. The van der Waals surface area contributed by atoms with Crippen molar-refractivity contribution in [1.29, 1.82) is 0 Å². The van der Waals surface area contributed by atoms with Crippen molar-refractivity contribution < 1.29 is 76.4 Å². The van der Waals surface area contributed by atoms with E-state index in [2.05, 4.69) is 5.32 Å². The standard InChI is InChI=1S/C24H37N3O8P.C3H9O4P.Fe/c25-10-2-1-9-21(12-26-11-17-5-3-7-19(14-28)23(17)31)27(22(16-30)36(33,34)35)13-18-6-4-8-20(15-29)24(18)32;1-3(2-4)8(5,6)7;/h3-8,21-22,28-32H,1-2,9-16,25H2,(H2,33,34,35);3-4H,2H2,1H3,(H2,5,6,7);/q-1;;. The first-order valence-corrected chi connectivity index (χ1v) is 17.2. The van der Waals surface area contributed by atoms with Gasteiger partial charge in [-0.3, -0.25) is 14.0 Å². The van der Waals surface area contributed by atoms with Crippen LogP contribution < -0.4 is 5.73 Å². The largest absolute Gasteiger partial charge is 0.657 e. The second-order valence-corrected chi connectivity index (χ2v) is 14.0. The molecule has 0 saturated heterocycles. The van der Waals surface area contributed by atoms with Crippen molar-refractivity contribution in [2.75, 3.05) is 26.3 Å². The molecule has 2 aromatic rings. The van der Waals surface area contributed by atoms with Crippen molar-refractivity contribution in [3.05, 3.63) is 64.0 Å². The number of para-hydroxylation sites is 2. The molecule has 0 radical (unpaired) electrons. The number of aliphatic hydroxyl groups excluding tert-OH is 4. The Hall–Kier alpha value is -1.42. The van der Waals surface area contributed by atoms with Gasteiger partial charge in [-0.2, -0.15) is 0 Å². The number of unbranched alkanes of at least 4 members (excludes halogenated alkanes) is 1. The van der Waals surface area contributed by atoms with Gasteiger partial charge in [-0.1, -0.05) is 42.8 Å². The number of nitrogens with two attached hydrogens (primary N) is 1. The summed E-state index contributed by atoms with van der Waals surface area (Å²) in [7, 11) is -8.80. The van der Waals surface area contributed by atoms with E-state index in [-0.39, 0.29) is 60.4 Å². The monoisotopic (exact) mass is 722 g/mol. The van der Waals surface area contributed by atoms with Crippen LogP contribution in [0.4, 0.5) is 0 Å². The molecular weight excluding hydrogens is 676 g/mol. The van der Waals surface area contributed by atoms with E-state index in [1.54, 1.807) is 30.3 Å². The predicted octanol–water partition coefficient (Wildman–Crippen LogP) is 0.994. The third kappa shape index (κ3) is 14.5. The quantitative estimate of drug-likeness (QED) is 0.0582. The average Bonchev–Trinajstić information content (AvgIpc) is 2.96. The summed E-state index contributed by atoms with van der Waals surface area (Å²) in [5.41, 5.74) is 6.18. The first-order chi connectivity index (χ1) is 20.7. The summed E-state index contributed by atoms with van der Waals surface area (Å²) >= 11 is 0. The Labute approximate surface area is 273 Å². The zero-order chi connectivity index (χ0) is 33.5. The second-order valence-electron chi connectivity index (χ2n) is 10.2. The second kappa shape index (κ2) is 21.5. The van der Waals surface area contributed by atoms with Crippen LogP contribution in [0, 0.1) is 0 Å². The maximum absolute atomic E-state index is 12.3. The van der Waals surface area contributed by atoms with E-state index in [9.17, 15) is 44.4 Å². The summed E-state index contributed by atoms with van der Waals surface area (Å²) in [5.74, 6) is -1.79. The number of hydrogen-bond donors (Lipinski definition) is 11. The van der Waals surface area contributed by atoms with E-state index < -0.39 is 52.5 Å². The summed E-state index contributed by atoms with van der Waals surface area (Å²) in [6, 6.07) is 9.15. The van der Waals surface area contributed by atoms with E-state index in [1.807, 2.05) is 0 Å². The smallest absolute Gasteiger partial charge is 0.344 e. The van der Waals surface area contributed by atoms with Crippen LogP contribution in [0.2, 0.25) is 0 Å². The van der Waals surface area contributed by atoms with Gasteiger partial charge in [0.1, 0.15) is 17.3 Å². The molecule has 12 N–H and O–H groups in total. The summed E-state index contributed by atoms with van der Waals surface area (Å²) in [4.78, 5) is 37.9. The molecule has 0 heterocycles. The third-order valence-corrected chi connectivity index (χ3v) is 9.50. The number of phenols is 2. The molecule has 0 aliphatic heterocycles. The van der Waals surface area contributed by atoms with Gasteiger partial charge in [0.25, 0.3) is 0 Å². The number of rotatable bonds is 18. The Balaban J connectivity index is 0.00000189. The Morgan fingerprint density at radius 1 is 0.800 bits per heavy atom. The summed E-state index contributed by atoms with van der Waals surface area (Å²) in [5, 5.41) is 62.4. The van der Waals surface area contributed by atoms with Crippen LogP contribution in [-0.4, -0.2) is 98.9 Å².